The fourth-order valence-corrected chi connectivity index (χ4v) is 1.95. The molecule has 1 aromatic rings. The normalized spacial score (nSPS) is 15.9. The first-order valence-corrected chi connectivity index (χ1v) is 5.99. The van der Waals surface area contributed by atoms with Gasteiger partial charge in [0.25, 0.3) is 0 Å². The molecule has 1 fully saturated rings. The molecule has 1 aromatic heterocycles. The summed E-state index contributed by atoms with van der Waals surface area (Å²) in [6, 6.07) is 0. The SMILES string of the molecule is CCCCn1nnc(CCN)c1C1CC1. The first-order chi connectivity index (χ1) is 7.36. The third-order valence-corrected chi connectivity index (χ3v) is 2.92. The van der Waals surface area contributed by atoms with Crippen molar-refractivity contribution in [3.05, 3.63) is 11.4 Å². The summed E-state index contributed by atoms with van der Waals surface area (Å²) >= 11 is 0. The monoisotopic (exact) mass is 208 g/mol. The predicted molar refractivity (Wildman–Crippen MR) is 59.7 cm³/mol. The molecule has 2 rings (SSSR count). The van der Waals surface area contributed by atoms with Gasteiger partial charge in [-0.2, -0.15) is 0 Å². The van der Waals surface area contributed by atoms with Crippen molar-refractivity contribution in [2.45, 2.75) is 51.5 Å². The van der Waals surface area contributed by atoms with Crippen LogP contribution in [0.15, 0.2) is 0 Å². The van der Waals surface area contributed by atoms with E-state index in [1.165, 1.54) is 31.4 Å². The van der Waals surface area contributed by atoms with Crippen molar-refractivity contribution in [2.75, 3.05) is 6.54 Å². The van der Waals surface area contributed by atoms with Crippen molar-refractivity contribution in [1.29, 1.82) is 0 Å². The highest BCUT2D eigenvalue weighted by atomic mass is 15.4. The molecule has 0 unspecified atom stereocenters. The number of hydrogen-bond donors (Lipinski definition) is 1. The number of aromatic nitrogens is 3. The topological polar surface area (TPSA) is 56.7 Å². The van der Waals surface area contributed by atoms with Crippen LogP contribution in [0, 0.1) is 0 Å². The molecule has 0 spiro atoms. The summed E-state index contributed by atoms with van der Waals surface area (Å²) in [5.74, 6) is 0.721. The van der Waals surface area contributed by atoms with Crippen molar-refractivity contribution in [3.8, 4) is 0 Å². The summed E-state index contributed by atoms with van der Waals surface area (Å²) in [5, 5.41) is 8.50. The van der Waals surface area contributed by atoms with E-state index in [0.29, 0.717) is 6.54 Å². The van der Waals surface area contributed by atoms with E-state index in [0.717, 1.165) is 24.6 Å². The van der Waals surface area contributed by atoms with E-state index in [-0.39, 0.29) is 0 Å². The van der Waals surface area contributed by atoms with Gasteiger partial charge in [0.05, 0.1) is 11.4 Å². The van der Waals surface area contributed by atoms with Crippen LogP contribution < -0.4 is 5.73 Å². The first kappa shape index (κ1) is 10.6. The maximum Gasteiger partial charge on any atom is 0.0874 e. The van der Waals surface area contributed by atoms with Gasteiger partial charge in [0, 0.05) is 18.9 Å². The van der Waals surface area contributed by atoms with Gasteiger partial charge in [-0.25, -0.2) is 4.68 Å². The van der Waals surface area contributed by atoms with Crippen LogP contribution in [0.1, 0.15) is 49.9 Å². The summed E-state index contributed by atoms with van der Waals surface area (Å²) in [6.07, 6.45) is 5.87. The Labute approximate surface area is 90.8 Å². The Morgan fingerprint density at radius 2 is 2.27 bits per heavy atom. The Morgan fingerprint density at radius 1 is 1.47 bits per heavy atom. The zero-order chi connectivity index (χ0) is 10.7. The van der Waals surface area contributed by atoms with Gasteiger partial charge in [0.1, 0.15) is 0 Å². The third-order valence-electron chi connectivity index (χ3n) is 2.92. The Morgan fingerprint density at radius 3 is 2.87 bits per heavy atom. The molecule has 0 atom stereocenters. The van der Waals surface area contributed by atoms with Crippen molar-refractivity contribution < 1.29 is 0 Å². The number of rotatable bonds is 6. The number of nitrogens with two attached hydrogens (primary N) is 1. The van der Waals surface area contributed by atoms with E-state index in [2.05, 4.69) is 21.9 Å². The van der Waals surface area contributed by atoms with Crippen molar-refractivity contribution in [2.24, 2.45) is 5.73 Å². The van der Waals surface area contributed by atoms with Crippen molar-refractivity contribution in [3.63, 3.8) is 0 Å². The first-order valence-electron chi connectivity index (χ1n) is 5.99. The minimum Gasteiger partial charge on any atom is -0.330 e. The lowest BCUT2D eigenvalue weighted by molar-refractivity contribution is 0.533. The zero-order valence-corrected chi connectivity index (χ0v) is 9.45. The molecular formula is C11H20N4. The average molecular weight is 208 g/mol. The van der Waals surface area contributed by atoms with E-state index in [4.69, 9.17) is 5.73 Å². The highest BCUT2D eigenvalue weighted by molar-refractivity contribution is 5.20. The van der Waals surface area contributed by atoms with E-state index < -0.39 is 0 Å². The number of hydrogen-bond acceptors (Lipinski definition) is 3. The van der Waals surface area contributed by atoms with Crippen LogP contribution in [0.3, 0.4) is 0 Å². The fraction of sp³-hybridized carbons (Fsp3) is 0.818. The van der Waals surface area contributed by atoms with Crippen LogP contribution in [0.5, 0.6) is 0 Å². The smallest absolute Gasteiger partial charge is 0.0874 e. The molecule has 1 heterocycles. The minimum atomic E-state index is 0.673. The molecule has 2 N–H and O–H groups in total. The van der Waals surface area contributed by atoms with Crippen molar-refractivity contribution >= 4 is 0 Å². The van der Waals surface area contributed by atoms with Gasteiger partial charge < -0.3 is 5.73 Å². The van der Waals surface area contributed by atoms with Gasteiger partial charge in [-0.05, 0) is 25.8 Å². The summed E-state index contributed by atoms with van der Waals surface area (Å²) in [6.45, 7) is 3.89. The maximum absolute atomic E-state index is 5.58. The molecule has 15 heavy (non-hydrogen) atoms. The minimum absolute atomic E-state index is 0.673. The van der Waals surface area contributed by atoms with Crippen LogP contribution in [-0.4, -0.2) is 21.5 Å². The third kappa shape index (κ3) is 2.37. The largest absolute Gasteiger partial charge is 0.330 e. The van der Waals surface area contributed by atoms with Crippen LogP contribution in [0.4, 0.5) is 0 Å². The lowest BCUT2D eigenvalue weighted by atomic mass is 10.2. The van der Waals surface area contributed by atoms with Crippen molar-refractivity contribution in [1.82, 2.24) is 15.0 Å². The summed E-state index contributed by atoms with van der Waals surface area (Å²) in [4.78, 5) is 0. The molecule has 0 aromatic carbocycles. The molecule has 0 amide bonds. The number of unbranched alkanes of at least 4 members (excludes halogenated alkanes) is 1. The predicted octanol–water partition coefficient (Wildman–Crippen LogP) is 1.46. The Balaban J connectivity index is 2.13. The lowest BCUT2D eigenvalue weighted by Crippen LogP contribution is -2.08. The average Bonchev–Trinajstić information content (AvgIpc) is 3.00. The van der Waals surface area contributed by atoms with Crippen LogP contribution in [-0.2, 0) is 13.0 Å². The van der Waals surface area contributed by atoms with E-state index in [9.17, 15) is 0 Å². The van der Waals surface area contributed by atoms with E-state index in [1.807, 2.05) is 0 Å². The van der Waals surface area contributed by atoms with Crippen LogP contribution >= 0.6 is 0 Å². The summed E-state index contributed by atoms with van der Waals surface area (Å²) < 4.78 is 2.10. The van der Waals surface area contributed by atoms with Gasteiger partial charge in [0.2, 0.25) is 0 Å². The highest BCUT2D eigenvalue weighted by Gasteiger charge is 2.30. The molecule has 0 radical (unpaired) electrons. The molecule has 0 aliphatic heterocycles. The molecule has 1 aliphatic rings. The molecule has 1 aliphatic carbocycles. The summed E-state index contributed by atoms with van der Waals surface area (Å²) in [7, 11) is 0. The highest BCUT2D eigenvalue weighted by Crippen LogP contribution is 2.41. The second kappa shape index (κ2) is 4.75. The van der Waals surface area contributed by atoms with Crippen LogP contribution in [0.25, 0.3) is 0 Å². The zero-order valence-electron chi connectivity index (χ0n) is 9.45. The fourth-order valence-electron chi connectivity index (χ4n) is 1.95. The molecule has 0 saturated heterocycles. The van der Waals surface area contributed by atoms with Gasteiger partial charge in [-0.3, -0.25) is 0 Å². The second-order valence-corrected chi connectivity index (χ2v) is 4.31. The van der Waals surface area contributed by atoms with Gasteiger partial charge >= 0.3 is 0 Å². The van der Waals surface area contributed by atoms with Gasteiger partial charge in [-0.1, -0.05) is 18.6 Å². The Hall–Kier alpha value is -0.900. The number of nitrogens with zero attached hydrogens (tertiary/aromatic N) is 3. The molecule has 0 bridgehead atoms. The number of aryl methyl sites for hydroxylation is 1. The lowest BCUT2D eigenvalue weighted by Gasteiger charge is -2.05. The molecule has 84 valence electrons. The van der Waals surface area contributed by atoms with Gasteiger partial charge in [-0.15, -0.1) is 5.10 Å². The molecule has 4 nitrogen and oxygen atoms in total. The molecule has 1 saturated carbocycles. The maximum atomic E-state index is 5.58. The molecule has 4 heteroatoms. The quantitative estimate of drug-likeness (QED) is 0.770. The second-order valence-electron chi connectivity index (χ2n) is 4.31. The Bertz CT molecular complexity index is 314. The summed E-state index contributed by atoms with van der Waals surface area (Å²) in [5.41, 5.74) is 8.09. The Kier molecular flexibility index (Phi) is 3.36. The van der Waals surface area contributed by atoms with E-state index >= 15 is 0 Å². The van der Waals surface area contributed by atoms with E-state index in [1.54, 1.807) is 0 Å². The van der Waals surface area contributed by atoms with Gasteiger partial charge in [0.15, 0.2) is 0 Å². The molecular weight excluding hydrogens is 188 g/mol. The van der Waals surface area contributed by atoms with Crippen LogP contribution in [0.2, 0.25) is 0 Å². The standard InChI is InChI=1S/C11H20N4/c1-2-3-8-15-11(9-4-5-9)10(6-7-12)13-14-15/h9H,2-8,12H2,1H3.